The number of carbonyl (C=O) groups excluding carboxylic acids is 3. The fourth-order valence-corrected chi connectivity index (χ4v) is 2.87. The largest absolute Gasteiger partial charge is 0.508 e. The van der Waals surface area contributed by atoms with Crippen molar-refractivity contribution in [3.63, 3.8) is 0 Å². The highest BCUT2D eigenvalue weighted by atomic mass is 16.4. The molecule has 33 heavy (non-hydrogen) atoms. The predicted octanol–water partition coefficient (Wildman–Crippen LogP) is -2.17. The minimum atomic E-state index is -1.58. The van der Waals surface area contributed by atoms with Crippen LogP contribution >= 0.6 is 0 Å². The topological polar surface area (TPSA) is 211 Å². The monoisotopic (exact) mass is 468 g/mol. The third-order valence-electron chi connectivity index (χ3n) is 4.84. The van der Waals surface area contributed by atoms with Crippen LogP contribution in [0.3, 0.4) is 0 Å². The number of carboxylic acids is 1. The molecule has 0 fully saturated rings. The standard InChI is InChI=1S/C21H32N4O8/c1-10(2)16(20(31)25-17(11(3)27)21(32)33)24-19(30)15(9-26)23-18(29)14(22)8-12-4-6-13(28)7-5-12/h4-7,10-11,14-17,26-28H,8-9,22H2,1-3H3,(H,23,29)(H,24,30)(H,25,31)(H,32,33)/t11-,14+,15+,16+,17+/m1/s1. The summed E-state index contributed by atoms with van der Waals surface area (Å²) in [6.07, 6.45) is -1.27. The van der Waals surface area contributed by atoms with Gasteiger partial charge in [0.1, 0.15) is 17.8 Å². The van der Waals surface area contributed by atoms with Crippen molar-refractivity contribution in [3.05, 3.63) is 29.8 Å². The lowest BCUT2D eigenvalue weighted by atomic mass is 10.0. The van der Waals surface area contributed by atoms with Crippen LogP contribution in [0.25, 0.3) is 0 Å². The van der Waals surface area contributed by atoms with Crippen molar-refractivity contribution in [1.29, 1.82) is 0 Å². The number of hydrogen-bond acceptors (Lipinski definition) is 8. The van der Waals surface area contributed by atoms with Crippen molar-refractivity contribution in [3.8, 4) is 5.75 Å². The Labute approximate surface area is 191 Å². The Morgan fingerprint density at radius 2 is 1.45 bits per heavy atom. The number of benzene rings is 1. The Morgan fingerprint density at radius 3 is 1.91 bits per heavy atom. The van der Waals surface area contributed by atoms with Crippen LogP contribution in [-0.2, 0) is 25.6 Å². The van der Waals surface area contributed by atoms with E-state index in [0.29, 0.717) is 5.56 Å². The smallest absolute Gasteiger partial charge is 0.328 e. The van der Waals surface area contributed by atoms with Crippen molar-refractivity contribution in [2.24, 2.45) is 11.7 Å². The molecule has 12 nitrogen and oxygen atoms in total. The molecule has 5 atom stereocenters. The minimum Gasteiger partial charge on any atom is -0.508 e. The Hall–Kier alpha value is -3.22. The van der Waals surface area contributed by atoms with E-state index in [2.05, 4.69) is 16.0 Å². The molecule has 0 aliphatic heterocycles. The van der Waals surface area contributed by atoms with Crippen LogP contribution in [0, 0.1) is 5.92 Å². The van der Waals surface area contributed by atoms with Gasteiger partial charge in [0.15, 0.2) is 6.04 Å². The molecule has 0 saturated carbocycles. The van der Waals surface area contributed by atoms with Gasteiger partial charge in [0.05, 0.1) is 18.8 Å². The zero-order valence-corrected chi connectivity index (χ0v) is 18.7. The molecule has 9 N–H and O–H groups in total. The van der Waals surface area contributed by atoms with Gasteiger partial charge in [-0.15, -0.1) is 0 Å². The fraction of sp³-hybridized carbons (Fsp3) is 0.524. The van der Waals surface area contributed by atoms with Crippen molar-refractivity contribution in [2.75, 3.05) is 6.61 Å². The second-order valence-electron chi connectivity index (χ2n) is 8.02. The molecule has 1 aromatic rings. The van der Waals surface area contributed by atoms with E-state index in [1.807, 2.05) is 0 Å². The van der Waals surface area contributed by atoms with Gasteiger partial charge < -0.3 is 42.1 Å². The van der Waals surface area contributed by atoms with E-state index in [0.717, 1.165) is 0 Å². The fourth-order valence-electron chi connectivity index (χ4n) is 2.87. The number of nitrogens with two attached hydrogens (primary N) is 1. The molecule has 0 unspecified atom stereocenters. The van der Waals surface area contributed by atoms with Crippen LogP contribution in [-0.4, -0.2) is 81.0 Å². The molecule has 0 radical (unpaired) electrons. The van der Waals surface area contributed by atoms with E-state index in [4.69, 9.17) is 10.8 Å². The van der Waals surface area contributed by atoms with Crippen molar-refractivity contribution in [1.82, 2.24) is 16.0 Å². The number of hydrogen-bond donors (Lipinski definition) is 8. The lowest BCUT2D eigenvalue weighted by molar-refractivity contribution is -0.145. The number of rotatable bonds is 12. The van der Waals surface area contributed by atoms with Gasteiger partial charge in [0.2, 0.25) is 17.7 Å². The second kappa shape index (κ2) is 12.7. The second-order valence-corrected chi connectivity index (χ2v) is 8.02. The maximum Gasteiger partial charge on any atom is 0.328 e. The summed E-state index contributed by atoms with van der Waals surface area (Å²) < 4.78 is 0. The van der Waals surface area contributed by atoms with Gasteiger partial charge in [-0.1, -0.05) is 26.0 Å². The first-order valence-electron chi connectivity index (χ1n) is 10.3. The van der Waals surface area contributed by atoms with Crippen LogP contribution in [0.1, 0.15) is 26.3 Å². The number of aliphatic hydroxyl groups is 2. The molecule has 3 amide bonds. The number of aliphatic carboxylic acids is 1. The van der Waals surface area contributed by atoms with Crippen LogP contribution in [0.5, 0.6) is 5.75 Å². The Bertz CT molecular complexity index is 828. The number of aromatic hydroxyl groups is 1. The summed E-state index contributed by atoms with van der Waals surface area (Å²) in [7, 11) is 0. The molecule has 0 saturated heterocycles. The molecule has 184 valence electrons. The lowest BCUT2D eigenvalue weighted by Gasteiger charge is -2.27. The number of phenols is 1. The zero-order chi connectivity index (χ0) is 25.3. The lowest BCUT2D eigenvalue weighted by Crippen LogP contribution is -2.60. The first-order valence-corrected chi connectivity index (χ1v) is 10.3. The molecule has 0 spiro atoms. The first-order chi connectivity index (χ1) is 15.4. The average Bonchev–Trinajstić information content (AvgIpc) is 2.74. The number of carbonyl (C=O) groups is 4. The summed E-state index contributed by atoms with van der Waals surface area (Å²) in [4.78, 5) is 48.7. The normalized spacial score (nSPS) is 15.6. The van der Waals surface area contributed by atoms with Gasteiger partial charge in [0, 0.05) is 0 Å². The molecule has 0 heterocycles. The summed E-state index contributed by atoms with van der Waals surface area (Å²) in [5.74, 6) is -4.32. The van der Waals surface area contributed by atoms with Crippen LogP contribution in [0.4, 0.5) is 0 Å². The van der Waals surface area contributed by atoms with E-state index >= 15 is 0 Å². The number of aliphatic hydroxyl groups excluding tert-OH is 2. The SMILES string of the molecule is CC(C)[C@H](NC(=O)[C@H](CO)NC(=O)[C@@H](N)Cc1ccc(O)cc1)C(=O)N[C@H](C(=O)O)[C@@H](C)O. The molecule has 0 aliphatic carbocycles. The highest BCUT2D eigenvalue weighted by Gasteiger charge is 2.33. The van der Waals surface area contributed by atoms with Gasteiger partial charge in [-0.2, -0.15) is 0 Å². The minimum absolute atomic E-state index is 0.0562. The third-order valence-corrected chi connectivity index (χ3v) is 4.84. The molecule has 0 bridgehead atoms. The third kappa shape index (κ3) is 8.67. The van der Waals surface area contributed by atoms with Gasteiger partial charge in [0.25, 0.3) is 0 Å². The Balaban J connectivity index is 2.80. The molecule has 1 rings (SSSR count). The van der Waals surface area contributed by atoms with E-state index in [1.165, 1.54) is 19.1 Å². The van der Waals surface area contributed by atoms with Gasteiger partial charge in [-0.3, -0.25) is 14.4 Å². The Morgan fingerprint density at radius 1 is 0.909 bits per heavy atom. The molecule has 12 heteroatoms. The van der Waals surface area contributed by atoms with Gasteiger partial charge >= 0.3 is 5.97 Å². The summed E-state index contributed by atoms with van der Waals surface area (Å²) in [6.45, 7) is 3.62. The van der Waals surface area contributed by atoms with Crippen LogP contribution < -0.4 is 21.7 Å². The maximum atomic E-state index is 12.6. The average molecular weight is 469 g/mol. The number of nitrogens with one attached hydrogen (secondary N) is 3. The molecule has 1 aromatic carbocycles. The van der Waals surface area contributed by atoms with Gasteiger partial charge in [-0.05, 0) is 37.0 Å². The van der Waals surface area contributed by atoms with Crippen LogP contribution in [0.15, 0.2) is 24.3 Å². The van der Waals surface area contributed by atoms with Crippen molar-refractivity contribution >= 4 is 23.7 Å². The number of phenolic OH excluding ortho intramolecular Hbond substituents is 1. The zero-order valence-electron chi connectivity index (χ0n) is 18.7. The quantitative estimate of drug-likeness (QED) is 0.167. The molecular weight excluding hydrogens is 436 g/mol. The van der Waals surface area contributed by atoms with E-state index in [9.17, 15) is 34.5 Å². The summed E-state index contributed by atoms with van der Waals surface area (Å²) >= 11 is 0. The number of carboxylic acid groups (broad SMARTS) is 1. The summed E-state index contributed by atoms with van der Waals surface area (Å²) in [5, 5.41) is 44.4. The highest BCUT2D eigenvalue weighted by Crippen LogP contribution is 2.11. The number of amides is 3. The first kappa shape index (κ1) is 27.8. The predicted molar refractivity (Wildman–Crippen MR) is 117 cm³/mol. The van der Waals surface area contributed by atoms with E-state index in [-0.39, 0.29) is 12.2 Å². The molecule has 0 aliphatic rings. The summed E-state index contributed by atoms with van der Waals surface area (Å²) in [6, 6.07) is 0.801. The van der Waals surface area contributed by atoms with Gasteiger partial charge in [-0.25, -0.2) is 4.79 Å². The Kier molecular flexibility index (Phi) is 10.7. The van der Waals surface area contributed by atoms with Crippen LogP contribution in [0.2, 0.25) is 0 Å². The molecule has 0 aromatic heterocycles. The molecular formula is C21H32N4O8. The van der Waals surface area contributed by atoms with Crippen molar-refractivity contribution in [2.45, 2.75) is 57.5 Å². The highest BCUT2D eigenvalue weighted by molar-refractivity contribution is 5.94. The van der Waals surface area contributed by atoms with E-state index in [1.54, 1.807) is 26.0 Å². The van der Waals surface area contributed by atoms with Crippen molar-refractivity contribution < 1.29 is 39.6 Å². The summed E-state index contributed by atoms with van der Waals surface area (Å²) in [5.41, 5.74) is 6.54. The maximum absolute atomic E-state index is 12.6. The van der Waals surface area contributed by atoms with E-state index < -0.39 is 66.5 Å².